The Labute approximate surface area is 132 Å². The second kappa shape index (κ2) is 6.11. The third-order valence-corrected chi connectivity index (χ3v) is 8.45. The van der Waals surface area contributed by atoms with Crippen molar-refractivity contribution in [2.75, 3.05) is 0 Å². The molecule has 0 aromatic carbocycles. The van der Waals surface area contributed by atoms with E-state index in [9.17, 15) is 0 Å². The molecule has 0 amide bonds. The molecule has 1 atom stereocenters. The van der Waals surface area contributed by atoms with Gasteiger partial charge in [0.05, 0.1) is 0 Å². The fourth-order valence-corrected chi connectivity index (χ4v) is 4.54. The third kappa shape index (κ3) is 4.00. The quantitative estimate of drug-likeness (QED) is 0.549. The van der Waals surface area contributed by atoms with Gasteiger partial charge in [-0.1, -0.05) is 0 Å². The molecule has 0 spiro atoms. The summed E-state index contributed by atoms with van der Waals surface area (Å²) in [5, 5.41) is 3.99. The minimum Gasteiger partial charge on any atom is 0 e. The Morgan fingerprint density at radius 3 is 2.47 bits per heavy atom. The molecular weight excluding hydrogens is 396 g/mol. The smallest absolute Gasteiger partial charge is 0 e. The Bertz CT molecular complexity index is 412. The second-order valence-corrected chi connectivity index (χ2v) is 19.6. The summed E-state index contributed by atoms with van der Waals surface area (Å²) < 4.78 is 1.43. The topological polar surface area (TPSA) is 34.5 Å². The summed E-state index contributed by atoms with van der Waals surface area (Å²) in [5.74, 6) is 0. The largest absolute Gasteiger partial charge is 0 e. The van der Waals surface area contributed by atoms with Gasteiger partial charge < -0.3 is 0 Å². The predicted molar refractivity (Wildman–Crippen MR) is 68.6 cm³/mol. The van der Waals surface area contributed by atoms with Crippen molar-refractivity contribution >= 4 is 27.7 Å². The van der Waals surface area contributed by atoms with Crippen molar-refractivity contribution in [3.8, 4) is 0 Å². The van der Waals surface area contributed by atoms with Gasteiger partial charge in [0.15, 0.2) is 0 Å². The molecule has 2 heterocycles. The third-order valence-electron chi connectivity index (χ3n) is 2.66. The van der Waals surface area contributed by atoms with Crippen LogP contribution < -0.4 is 3.58 Å². The van der Waals surface area contributed by atoms with Gasteiger partial charge in [-0.25, -0.2) is 0 Å². The van der Waals surface area contributed by atoms with Crippen LogP contribution in [0.4, 0.5) is 0 Å². The van der Waals surface area contributed by atoms with E-state index in [-0.39, 0.29) is 38.8 Å². The van der Waals surface area contributed by atoms with Crippen LogP contribution in [0.5, 0.6) is 0 Å². The molecule has 3 nitrogen and oxygen atoms in total. The van der Waals surface area contributed by atoms with Crippen LogP contribution in [0.1, 0.15) is 12.1 Å². The van der Waals surface area contributed by atoms with E-state index in [4.69, 9.17) is 4.84 Å². The zero-order chi connectivity index (χ0) is 11.8. The van der Waals surface area contributed by atoms with E-state index in [0.29, 0.717) is 0 Å². The van der Waals surface area contributed by atoms with Gasteiger partial charge >= 0.3 is 101 Å². The van der Waals surface area contributed by atoms with Gasteiger partial charge in [-0.15, -0.1) is 0 Å². The summed E-state index contributed by atoms with van der Waals surface area (Å²) in [6.07, 6.45) is 2.70. The zero-order valence-corrected chi connectivity index (χ0v) is 16.3. The molecule has 1 unspecified atom stereocenters. The summed E-state index contributed by atoms with van der Waals surface area (Å²) in [7, 11) is 0. The molecule has 2 rings (SSSR count). The predicted octanol–water partition coefficient (Wildman–Crippen LogP) is 1.95. The Hall–Kier alpha value is 0.523. The summed E-state index contributed by atoms with van der Waals surface area (Å²) in [4.78, 5) is 16.7. The molecule has 1 aliphatic heterocycles. The number of rotatable bonds is 2. The van der Waals surface area contributed by atoms with Crippen LogP contribution in [-0.4, -0.2) is 35.2 Å². The van der Waals surface area contributed by atoms with Crippen LogP contribution in [0.3, 0.4) is 0 Å². The standard InChI is InChI=1S/C9H8N2O.3CH3.Sn.Y/c1-7-6-9(11-12-7)8-4-2-3-5-10-8;;;;;/h2,4-5,7H,1,6H2;3*1H3;;/q-1;;;;;. The summed E-state index contributed by atoms with van der Waals surface area (Å²) in [6.45, 7) is 3.82. The van der Waals surface area contributed by atoms with Crippen molar-refractivity contribution < 1.29 is 37.5 Å². The minimum absolute atomic E-state index is 0. The number of pyridine rings is 1. The van der Waals surface area contributed by atoms with Gasteiger partial charge in [-0.2, -0.15) is 0 Å². The van der Waals surface area contributed by atoms with E-state index in [2.05, 4.69) is 44.0 Å². The fourth-order valence-electron chi connectivity index (χ4n) is 1.59. The van der Waals surface area contributed by atoms with Crippen LogP contribution in [0.25, 0.3) is 0 Å². The number of oxime groups is 1. The second-order valence-electron chi connectivity index (χ2n) is 5.15. The Morgan fingerprint density at radius 1 is 1.35 bits per heavy atom. The van der Waals surface area contributed by atoms with Crippen LogP contribution in [0.2, 0.25) is 14.8 Å². The van der Waals surface area contributed by atoms with Gasteiger partial charge in [-0.3, -0.25) is 0 Å². The summed E-state index contributed by atoms with van der Waals surface area (Å²) >= 11 is -1.97. The average molecular weight is 413 g/mol. The molecule has 1 aliphatic rings. The summed E-state index contributed by atoms with van der Waals surface area (Å²) in [5.41, 5.74) is 1.83. The van der Waals surface area contributed by atoms with E-state index < -0.39 is 18.4 Å². The summed E-state index contributed by atoms with van der Waals surface area (Å²) in [6, 6.07) is 4.25. The molecule has 1 aromatic rings. The van der Waals surface area contributed by atoms with Crippen molar-refractivity contribution in [2.24, 2.45) is 5.16 Å². The fraction of sp³-hybridized carbons (Fsp3) is 0.417. The van der Waals surface area contributed by atoms with Crippen LogP contribution in [-0.2, 0) is 37.5 Å². The Kier molecular flexibility index (Phi) is 5.60. The molecular formula is C12H17N2OSnY-. The Balaban J connectivity index is 0.00000144. The van der Waals surface area contributed by atoms with E-state index in [0.717, 1.165) is 17.8 Å². The maximum Gasteiger partial charge on any atom is 0 e. The van der Waals surface area contributed by atoms with Gasteiger partial charge in [0, 0.05) is 32.7 Å². The first-order chi connectivity index (χ1) is 7.47. The van der Waals surface area contributed by atoms with E-state index in [1.54, 1.807) is 0 Å². The molecule has 0 fully saturated rings. The van der Waals surface area contributed by atoms with Gasteiger partial charge in [0.2, 0.25) is 0 Å². The average Bonchev–Trinajstić information content (AvgIpc) is 2.64. The van der Waals surface area contributed by atoms with Crippen molar-refractivity contribution in [3.63, 3.8) is 0 Å². The molecule has 0 bridgehead atoms. The maximum atomic E-state index is 5.07. The van der Waals surface area contributed by atoms with Crippen molar-refractivity contribution in [3.05, 3.63) is 30.9 Å². The van der Waals surface area contributed by atoms with E-state index >= 15 is 0 Å². The molecule has 0 aliphatic carbocycles. The molecule has 17 heavy (non-hydrogen) atoms. The van der Waals surface area contributed by atoms with Gasteiger partial charge in [0.25, 0.3) is 0 Å². The van der Waals surface area contributed by atoms with Gasteiger partial charge in [0.1, 0.15) is 0 Å². The van der Waals surface area contributed by atoms with Crippen LogP contribution in [0.15, 0.2) is 23.5 Å². The van der Waals surface area contributed by atoms with Crippen molar-refractivity contribution in [1.29, 1.82) is 0 Å². The molecule has 0 saturated carbocycles. The van der Waals surface area contributed by atoms with Crippen molar-refractivity contribution in [1.82, 2.24) is 4.98 Å². The normalized spacial score (nSPS) is 19.3. The number of hydrogen-bond acceptors (Lipinski definition) is 3. The Morgan fingerprint density at radius 2 is 2.06 bits per heavy atom. The molecule has 89 valence electrons. The first-order valence-corrected chi connectivity index (χ1v) is 15.5. The van der Waals surface area contributed by atoms with Crippen LogP contribution in [0, 0.1) is 6.92 Å². The monoisotopic (exact) mass is 414 g/mol. The van der Waals surface area contributed by atoms with Crippen molar-refractivity contribution in [2.45, 2.75) is 27.3 Å². The first-order valence-electron chi connectivity index (χ1n) is 5.49. The molecule has 5 heteroatoms. The molecule has 1 radical (unpaired) electrons. The van der Waals surface area contributed by atoms with E-state index in [1.165, 1.54) is 3.58 Å². The molecule has 0 N–H and O–H groups in total. The number of aromatic nitrogens is 1. The number of nitrogens with zero attached hydrogens (tertiary/aromatic N) is 2. The maximum absolute atomic E-state index is 5.07. The zero-order valence-electron chi connectivity index (χ0n) is 10.6. The SMILES string of the molecule is [CH2-]C1CC(c2cc[c]([Sn]([CH3])([CH3])[CH3])cn2)=NO1.[Y]. The van der Waals surface area contributed by atoms with Crippen LogP contribution >= 0.6 is 0 Å². The van der Waals surface area contributed by atoms with E-state index in [1.807, 2.05) is 6.20 Å². The molecule has 0 saturated heterocycles. The number of hydrogen-bond donors (Lipinski definition) is 0. The minimum atomic E-state index is -1.97. The van der Waals surface area contributed by atoms with Gasteiger partial charge in [-0.05, 0) is 0 Å². The first kappa shape index (κ1) is 15.6. The molecule has 1 aromatic heterocycles.